The highest BCUT2D eigenvalue weighted by Gasteiger charge is 2.16. The fourth-order valence-corrected chi connectivity index (χ4v) is 2.77. The molecule has 25 heavy (non-hydrogen) atoms. The molecule has 4 nitrogen and oxygen atoms in total. The first-order valence-electron chi connectivity index (χ1n) is 7.93. The number of alkyl halides is 1. The van der Waals surface area contributed by atoms with E-state index in [1.54, 1.807) is 6.20 Å². The van der Waals surface area contributed by atoms with Crippen molar-refractivity contribution in [1.82, 2.24) is 4.98 Å². The summed E-state index contributed by atoms with van der Waals surface area (Å²) in [6.07, 6.45) is 2.10. The molecule has 3 aromatic rings. The molecule has 1 unspecified atom stereocenters. The standard InChI is InChI=1S/C20H18ClNO3/c1-24-20(23)18(21)10-15-9-16-7-8-17(11-19(16)22-12-15)25-13-14-5-3-2-4-6-14/h2-9,11-12,18H,10,13H2,1H3. The maximum atomic E-state index is 11.4. The van der Waals surface area contributed by atoms with Crippen LogP contribution in [0.25, 0.3) is 10.9 Å². The van der Waals surface area contributed by atoms with Gasteiger partial charge in [-0.25, -0.2) is 0 Å². The van der Waals surface area contributed by atoms with Crippen molar-refractivity contribution in [2.75, 3.05) is 7.11 Å². The first-order chi connectivity index (χ1) is 12.2. The fourth-order valence-electron chi connectivity index (χ4n) is 2.51. The van der Waals surface area contributed by atoms with E-state index in [0.29, 0.717) is 13.0 Å². The van der Waals surface area contributed by atoms with Crippen molar-refractivity contribution in [2.45, 2.75) is 18.4 Å². The molecular formula is C20H18ClNO3. The topological polar surface area (TPSA) is 48.4 Å². The Morgan fingerprint density at radius 1 is 1.12 bits per heavy atom. The van der Waals surface area contributed by atoms with Crippen LogP contribution in [0.1, 0.15) is 11.1 Å². The van der Waals surface area contributed by atoms with Crippen molar-refractivity contribution in [3.8, 4) is 5.75 Å². The Morgan fingerprint density at radius 3 is 2.68 bits per heavy atom. The number of pyridine rings is 1. The predicted octanol–water partition coefficient (Wildman–Crippen LogP) is 4.14. The number of rotatable bonds is 6. The van der Waals surface area contributed by atoms with E-state index in [4.69, 9.17) is 16.3 Å². The van der Waals surface area contributed by atoms with Crippen LogP contribution in [0.5, 0.6) is 5.75 Å². The van der Waals surface area contributed by atoms with Crippen LogP contribution in [0.2, 0.25) is 0 Å². The number of hydrogen-bond donors (Lipinski definition) is 0. The average molecular weight is 356 g/mol. The molecule has 128 valence electrons. The molecule has 0 radical (unpaired) electrons. The van der Waals surface area contributed by atoms with Gasteiger partial charge >= 0.3 is 5.97 Å². The number of carbonyl (C=O) groups excluding carboxylic acids is 1. The number of fused-ring (bicyclic) bond motifs is 1. The Morgan fingerprint density at radius 2 is 1.92 bits per heavy atom. The van der Waals surface area contributed by atoms with Gasteiger partial charge in [-0.2, -0.15) is 0 Å². The fraction of sp³-hybridized carbons (Fsp3) is 0.200. The molecule has 0 spiro atoms. The smallest absolute Gasteiger partial charge is 0.324 e. The molecule has 0 saturated heterocycles. The summed E-state index contributed by atoms with van der Waals surface area (Å²) in [4.78, 5) is 15.9. The van der Waals surface area contributed by atoms with Crippen molar-refractivity contribution < 1.29 is 14.3 Å². The van der Waals surface area contributed by atoms with Crippen LogP contribution in [0, 0.1) is 0 Å². The van der Waals surface area contributed by atoms with Gasteiger partial charge in [0.2, 0.25) is 0 Å². The molecule has 0 fully saturated rings. The summed E-state index contributed by atoms with van der Waals surface area (Å²) in [6.45, 7) is 0.511. The lowest BCUT2D eigenvalue weighted by molar-refractivity contribution is -0.140. The Kier molecular flexibility index (Phi) is 5.51. The minimum Gasteiger partial charge on any atom is -0.489 e. The molecule has 0 N–H and O–H groups in total. The number of hydrogen-bond acceptors (Lipinski definition) is 4. The van der Waals surface area contributed by atoms with Crippen LogP contribution in [-0.2, 0) is 22.6 Å². The Hall–Kier alpha value is -2.59. The van der Waals surface area contributed by atoms with Crippen LogP contribution in [0.15, 0.2) is 60.8 Å². The van der Waals surface area contributed by atoms with Gasteiger partial charge in [-0.1, -0.05) is 30.3 Å². The lowest BCUT2D eigenvalue weighted by Crippen LogP contribution is -2.18. The third-order valence-corrected chi connectivity index (χ3v) is 4.16. The van der Waals surface area contributed by atoms with Gasteiger partial charge in [0.15, 0.2) is 0 Å². The Balaban J connectivity index is 1.71. The minimum atomic E-state index is -0.710. The summed E-state index contributed by atoms with van der Waals surface area (Å²) < 4.78 is 10.5. The molecular weight excluding hydrogens is 338 g/mol. The molecule has 0 aliphatic rings. The molecule has 0 amide bonds. The number of esters is 1. The SMILES string of the molecule is COC(=O)C(Cl)Cc1cnc2cc(OCc3ccccc3)ccc2c1. The van der Waals surface area contributed by atoms with E-state index in [1.807, 2.05) is 54.6 Å². The van der Waals surface area contributed by atoms with Crippen molar-refractivity contribution in [3.63, 3.8) is 0 Å². The zero-order chi connectivity index (χ0) is 17.6. The van der Waals surface area contributed by atoms with Crippen LogP contribution in [-0.4, -0.2) is 23.4 Å². The third-order valence-electron chi connectivity index (χ3n) is 3.83. The van der Waals surface area contributed by atoms with E-state index in [2.05, 4.69) is 9.72 Å². The van der Waals surface area contributed by atoms with Crippen LogP contribution >= 0.6 is 11.6 Å². The predicted molar refractivity (Wildman–Crippen MR) is 97.9 cm³/mol. The second-order valence-corrected chi connectivity index (χ2v) is 6.19. The van der Waals surface area contributed by atoms with E-state index in [1.165, 1.54) is 7.11 Å². The number of benzene rings is 2. The van der Waals surface area contributed by atoms with Gasteiger partial charge in [-0.15, -0.1) is 11.6 Å². The Bertz CT molecular complexity index is 867. The van der Waals surface area contributed by atoms with E-state index in [-0.39, 0.29) is 0 Å². The molecule has 0 aliphatic heterocycles. The van der Waals surface area contributed by atoms with Gasteiger partial charge < -0.3 is 9.47 Å². The lowest BCUT2D eigenvalue weighted by atomic mass is 10.1. The molecule has 1 heterocycles. The van der Waals surface area contributed by atoms with Crippen molar-refractivity contribution >= 4 is 28.5 Å². The van der Waals surface area contributed by atoms with Gasteiger partial charge in [0.05, 0.1) is 12.6 Å². The van der Waals surface area contributed by atoms with E-state index < -0.39 is 11.3 Å². The maximum Gasteiger partial charge on any atom is 0.324 e. The minimum absolute atomic E-state index is 0.378. The molecule has 0 saturated carbocycles. The van der Waals surface area contributed by atoms with Gasteiger partial charge in [0, 0.05) is 24.1 Å². The molecule has 0 bridgehead atoms. The summed E-state index contributed by atoms with van der Waals surface area (Å²) >= 11 is 6.02. The second kappa shape index (κ2) is 7.99. The van der Waals surface area contributed by atoms with E-state index in [0.717, 1.165) is 27.8 Å². The summed E-state index contributed by atoms with van der Waals surface area (Å²) in [5.74, 6) is 0.327. The largest absolute Gasteiger partial charge is 0.489 e. The van der Waals surface area contributed by atoms with Gasteiger partial charge in [-0.3, -0.25) is 9.78 Å². The molecule has 0 aliphatic carbocycles. The quantitative estimate of drug-likeness (QED) is 0.492. The first kappa shape index (κ1) is 17.2. The second-order valence-electron chi connectivity index (χ2n) is 5.67. The van der Waals surface area contributed by atoms with Crippen molar-refractivity contribution in [3.05, 3.63) is 71.9 Å². The Labute approximate surface area is 151 Å². The highest BCUT2D eigenvalue weighted by atomic mass is 35.5. The molecule has 2 aromatic carbocycles. The molecule has 3 rings (SSSR count). The number of halogens is 1. The summed E-state index contributed by atoms with van der Waals surface area (Å²) in [5.41, 5.74) is 2.83. The number of nitrogens with zero attached hydrogens (tertiary/aromatic N) is 1. The molecule has 1 atom stereocenters. The number of ether oxygens (including phenoxy) is 2. The monoisotopic (exact) mass is 355 g/mol. The first-order valence-corrected chi connectivity index (χ1v) is 8.36. The van der Waals surface area contributed by atoms with Gasteiger partial charge in [-0.05, 0) is 29.3 Å². The highest BCUT2D eigenvalue weighted by molar-refractivity contribution is 6.30. The molecule has 1 aromatic heterocycles. The highest BCUT2D eigenvalue weighted by Crippen LogP contribution is 2.22. The number of carbonyl (C=O) groups is 1. The van der Waals surface area contributed by atoms with E-state index in [9.17, 15) is 4.79 Å². The summed E-state index contributed by atoms with van der Waals surface area (Å²) in [7, 11) is 1.33. The number of methoxy groups -OCH3 is 1. The van der Waals surface area contributed by atoms with Crippen molar-refractivity contribution in [2.24, 2.45) is 0 Å². The summed E-state index contributed by atoms with van der Waals surface area (Å²) in [5, 5.41) is 0.260. The van der Waals surface area contributed by atoms with Crippen LogP contribution < -0.4 is 4.74 Å². The lowest BCUT2D eigenvalue weighted by Gasteiger charge is -2.09. The maximum absolute atomic E-state index is 11.4. The summed E-state index contributed by atoms with van der Waals surface area (Å²) in [6, 6.07) is 17.7. The van der Waals surface area contributed by atoms with E-state index >= 15 is 0 Å². The normalized spacial score (nSPS) is 11.9. The van der Waals surface area contributed by atoms with Crippen LogP contribution in [0.3, 0.4) is 0 Å². The number of aromatic nitrogens is 1. The van der Waals surface area contributed by atoms with Gasteiger partial charge in [0.1, 0.15) is 17.7 Å². The zero-order valence-electron chi connectivity index (χ0n) is 13.8. The third kappa shape index (κ3) is 4.48. The average Bonchev–Trinajstić information content (AvgIpc) is 2.66. The zero-order valence-corrected chi connectivity index (χ0v) is 14.6. The van der Waals surface area contributed by atoms with Crippen molar-refractivity contribution in [1.29, 1.82) is 0 Å². The van der Waals surface area contributed by atoms with Gasteiger partial charge in [0.25, 0.3) is 0 Å². The molecule has 5 heteroatoms. The van der Waals surface area contributed by atoms with Crippen LogP contribution in [0.4, 0.5) is 0 Å².